The van der Waals surface area contributed by atoms with Crippen LogP contribution in [0.15, 0.2) is 54.6 Å². The van der Waals surface area contributed by atoms with Gasteiger partial charge in [-0.05, 0) is 17.0 Å². The molecule has 0 aliphatic heterocycles. The molecule has 0 fully saturated rings. The molecule has 0 unspecified atom stereocenters. The fourth-order valence-electron chi connectivity index (χ4n) is 1.56. The van der Waals surface area contributed by atoms with Crippen molar-refractivity contribution in [3.63, 3.8) is 0 Å². The zero-order valence-corrected chi connectivity index (χ0v) is 9.15. The first kappa shape index (κ1) is 10.7. The maximum absolute atomic E-state index is 5.69. The highest BCUT2D eigenvalue weighted by Crippen LogP contribution is 2.25. The lowest BCUT2D eigenvalue weighted by Crippen LogP contribution is -2.09. The van der Waals surface area contributed by atoms with E-state index in [1.807, 2.05) is 24.3 Å². The normalized spacial score (nSPS) is 10.3. The van der Waals surface area contributed by atoms with E-state index >= 15 is 0 Å². The van der Waals surface area contributed by atoms with E-state index in [9.17, 15) is 0 Å². The Morgan fingerprint density at radius 3 is 2.69 bits per heavy atom. The molecule has 0 aliphatic rings. The van der Waals surface area contributed by atoms with Crippen molar-refractivity contribution in [1.82, 2.24) is 0 Å². The van der Waals surface area contributed by atoms with Gasteiger partial charge in [0.25, 0.3) is 0 Å². The van der Waals surface area contributed by atoms with Crippen LogP contribution in [0.4, 0.5) is 0 Å². The van der Waals surface area contributed by atoms with Crippen LogP contribution in [0.1, 0.15) is 0 Å². The summed E-state index contributed by atoms with van der Waals surface area (Å²) in [5.41, 5.74) is 6.37. The number of ether oxygens (including phenoxy) is 1. The third-order valence-corrected chi connectivity index (χ3v) is 2.47. The molecular weight excluding hydrogens is 198 g/mol. The van der Waals surface area contributed by atoms with Crippen LogP contribution in [0, 0.1) is 0 Å². The summed E-state index contributed by atoms with van der Waals surface area (Å²) in [5.74, 6) is 0.882. The molecule has 0 saturated heterocycles. The molecule has 2 N–H and O–H groups in total. The van der Waals surface area contributed by atoms with Crippen molar-refractivity contribution in [2.75, 3.05) is 13.2 Å². The molecule has 0 spiro atoms. The maximum atomic E-state index is 5.69. The van der Waals surface area contributed by atoms with E-state index in [-0.39, 0.29) is 0 Å². The van der Waals surface area contributed by atoms with E-state index in [1.165, 1.54) is 5.39 Å². The van der Waals surface area contributed by atoms with Gasteiger partial charge in [-0.15, -0.1) is 0 Å². The smallest absolute Gasteiger partial charge is 0.127 e. The molecule has 0 atom stereocenters. The maximum Gasteiger partial charge on any atom is 0.127 e. The zero-order valence-electron chi connectivity index (χ0n) is 9.15. The number of nitrogens with two attached hydrogens (primary N) is 1. The number of hydrogen-bond donors (Lipinski definition) is 1. The van der Waals surface area contributed by atoms with Crippen molar-refractivity contribution < 1.29 is 4.74 Å². The van der Waals surface area contributed by atoms with Crippen molar-refractivity contribution in [2.45, 2.75) is 0 Å². The van der Waals surface area contributed by atoms with Crippen molar-refractivity contribution in [2.24, 2.45) is 5.73 Å². The van der Waals surface area contributed by atoms with Crippen molar-refractivity contribution in [3.8, 4) is 5.75 Å². The molecular formula is C14H15NO. The van der Waals surface area contributed by atoms with Gasteiger partial charge < -0.3 is 10.5 Å². The van der Waals surface area contributed by atoms with E-state index < -0.39 is 0 Å². The van der Waals surface area contributed by atoms with E-state index in [2.05, 4.69) is 24.8 Å². The standard InChI is InChI=1S/C14H15NO/c1-11(9-15)10-16-14-8-4-6-12-5-2-3-7-13(12)14/h2-8H,1,9-10,15H2. The summed E-state index contributed by atoms with van der Waals surface area (Å²) in [6, 6.07) is 14.2. The minimum Gasteiger partial charge on any atom is -0.489 e. The number of rotatable bonds is 4. The molecule has 2 aromatic rings. The van der Waals surface area contributed by atoms with Crippen molar-refractivity contribution in [3.05, 3.63) is 54.6 Å². The highest BCUT2D eigenvalue weighted by Gasteiger charge is 2.01. The lowest BCUT2D eigenvalue weighted by molar-refractivity contribution is 0.355. The summed E-state index contributed by atoms with van der Waals surface area (Å²) in [4.78, 5) is 0. The van der Waals surface area contributed by atoms with E-state index in [0.717, 1.165) is 16.7 Å². The van der Waals surface area contributed by atoms with E-state index in [1.54, 1.807) is 0 Å². The zero-order chi connectivity index (χ0) is 11.4. The van der Waals surface area contributed by atoms with Crippen LogP contribution in [0.25, 0.3) is 10.8 Å². The van der Waals surface area contributed by atoms with Gasteiger partial charge >= 0.3 is 0 Å². The Bertz CT molecular complexity index is 500. The Hall–Kier alpha value is -1.80. The Morgan fingerprint density at radius 2 is 1.88 bits per heavy atom. The van der Waals surface area contributed by atoms with Crippen molar-refractivity contribution >= 4 is 10.8 Å². The summed E-state index contributed by atoms with van der Waals surface area (Å²) < 4.78 is 5.69. The molecule has 16 heavy (non-hydrogen) atoms. The predicted octanol–water partition coefficient (Wildman–Crippen LogP) is 2.73. The molecule has 0 heterocycles. The van der Waals surface area contributed by atoms with Crippen LogP contribution < -0.4 is 10.5 Å². The first-order valence-electron chi connectivity index (χ1n) is 5.28. The largest absolute Gasteiger partial charge is 0.489 e. The van der Waals surface area contributed by atoms with Gasteiger partial charge in [-0.2, -0.15) is 0 Å². The molecule has 2 aromatic carbocycles. The average Bonchev–Trinajstić information content (AvgIpc) is 2.35. The van der Waals surface area contributed by atoms with Gasteiger partial charge in [-0.25, -0.2) is 0 Å². The molecule has 0 saturated carbocycles. The molecule has 0 radical (unpaired) electrons. The highest BCUT2D eigenvalue weighted by atomic mass is 16.5. The minimum absolute atomic E-state index is 0.463. The number of hydrogen-bond acceptors (Lipinski definition) is 2. The predicted molar refractivity (Wildman–Crippen MR) is 67.6 cm³/mol. The van der Waals surface area contributed by atoms with Gasteiger partial charge in [-0.3, -0.25) is 0 Å². The summed E-state index contributed by atoms with van der Waals surface area (Å²) >= 11 is 0. The second kappa shape index (κ2) is 4.81. The fraction of sp³-hybridized carbons (Fsp3) is 0.143. The van der Waals surface area contributed by atoms with Crippen LogP contribution in [-0.2, 0) is 0 Å². The van der Waals surface area contributed by atoms with Gasteiger partial charge in [0.2, 0.25) is 0 Å². The minimum atomic E-state index is 0.463. The summed E-state index contributed by atoms with van der Waals surface area (Å²) in [6.07, 6.45) is 0. The van der Waals surface area contributed by atoms with Gasteiger partial charge in [0, 0.05) is 11.9 Å². The van der Waals surface area contributed by atoms with Gasteiger partial charge in [0.05, 0.1) is 0 Å². The monoisotopic (exact) mass is 213 g/mol. The first-order chi connectivity index (χ1) is 7.81. The SMILES string of the molecule is C=C(CN)COc1cccc2ccccc12. The Balaban J connectivity index is 2.27. The molecule has 0 aromatic heterocycles. The Labute approximate surface area is 95.3 Å². The summed E-state index contributed by atoms with van der Waals surface area (Å²) in [5, 5.41) is 2.30. The van der Waals surface area contributed by atoms with Gasteiger partial charge in [0.15, 0.2) is 0 Å². The summed E-state index contributed by atoms with van der Waals surface area (Å²) in [6.45, 7) is 4.76. The van der Waals surface area contributed by atoms with Crippen molar-refractivity contribution in [1.29, 1.82) is 0 Å². The Morgan fingerprint density at radius 1 is 1.12 bits per heavy atom. The van der Waals surface area contributed by atoms with E-state index in [4.69, 9.17) is 10.5 Å². The highest BCUT2D eigenvalue weighted by molar-refractivity contribution is 5.88. The van der Waals surface area contributed by atoms with E-state index in [0.29, 0.717) is 13.2 Å². The lowest BCUT2D eigenvalue weighted by Gasteiger charge is -2.09. The van der Waals surface area contributed by atoms with Crippen LogP contribution in [0.5, 0.6) is 5.75 Å². The second-order valence-electron chi connectivity index (χ2n) is 3.72. The van der Waals surface area contributed by atoms with Gasteiger partial charge in [0.1, 0.15) is 12.4 Å². The van der Waals surface area contributed by atoms with Gasteiger partial charge in [-0.1, -0.05) is 43.0 Å². The average molecular weight is 213 g/mol. The van der Waals surface area contributed by atoms with Crippen LogP contribution in [-0.4, -0.2) is 13.2 Å². The fourth-order valence-corrected chi connectivity index (χ4v) is 1.56. The van der Waals surface area contributed by atoms with Crippen LogP contribution >= 0.6 is 0 Å². The third-order valence-electron chi connectivity index (χ3n) is 2.47. The number of benzene rings is 2. The quantitative estimate of drug-likeness (QED) is 0.792. The molecule has 0 amide bonds. The third kappa shape index (κ3) is 2.23. The number of fused-ring (bicyclic) bond motifs is 1. The molecule has 82 valence electrons. The molecule has 2 nitrogen and oxygen atoms in total. The first-order valence-corrected chi connectivity index (χ1v) is 5.28. The molecule has 0 bridgehead atoms. The second-order valence-corrected chi connectivity index (χ2v) is 3.72. The topological polar surface area (TPSA) is 35.2 Å². The molecule has 2 rings (SSSR count). The van der Waals surface area contributed by atoms with Crippen LogP contribution in [0.2, 0.25) is 0 Å². The summed E-state index contributed by atoms with van der Waals surface area (Å²) in [7, 11) is 0. The molecule has 2 heteroatoms. The lowest BCUT2D eigenvalue weighted by atomic mass is 10.1. The van der Waals surface area contributed by atoms with Crippen LogP contribution in [0.3, 0.4) is 0 Å². The Kier molecular flexibility index (Phi) is 3.22. The molecule has 0 aliphatic carbocycles.